The number of aryl methyl sites for hydroxylation is 2. The number of aromatic nitrogens is 2. The van der Waals surface area contributed by atoms with Crippen molar-refractivity contribution < 1.29 is 17.9 Å². The van der Waals surface area contributed by atoms with E-state index in [0.29, 0.717) is 53.7 Å². The van der Waals surface area contributed by atoms with Crippen molar-refractivity contribution in [2.75, 3.05) is 6.61 Å². The van der Waals surface area contributed by atoms with Crippen LogP contribution in [0.2, 0.25) is 0 Å². The molecule has 1 N–H and O–H groups in total. The van der Waals surface area contributed by atoms with Crippen LogP contribution in [-0.4, -0.2) is 40.5 Å². The number of fused-ring (bicyclic) bond motifs is 1. The molecule has 2 aromatic heterocycles. The van der Waals surface area contributed by atoms with E-state index in [4.69, 9.17) is 10.00 Å². The van der Waals surface area contributed by atoms with Crippen LogP contribution in [0.1, 0.15) is 52.9 Å². The fourth-order valence-corrected chi connectivity index (χ4v) is 6.78. The summed E-state index contributed by atoms with van der Waals surface area (Å²) in [7, 11) is -1.69. The number of sulfone groups is 1. The zero-order valence-corrected chi connectivity index (χ0v) is 20.9. The van der Waals surface area contributed by atoms with Gasteiger partial charge in [-0.15, -0.1) is 0 Å². The Morgan fingerprint density at radius 2 is 1.94 bits per heavy atom. The van der Waals surface area contributed by atoms with Crippen molar-refractivity contribution in [2.24, 2.45) is 7.05 Å². The Labute approximate surface area is 208 Å². The molecule has 2 aliphatic carbocycles. The molecule has 3 aromatic rings. The molecule has 0 aliphatic heterocycles. The minimum atomic E-state index is -3.24. The molecule has 9 nitrogen and oxygen atoms in total. The van der Waals surface area contributed by atoms with Crippen LogP contribution in [0.4, 0.5) is 0 Å². The molecule has 2 fully saturated rings. The van der Waals surface area contributed by atoms with Crippen molar-refractivity contribution in [3.05, 3.63) is 69.1 Å². The number of amides is 1. The van der Waals surface area contributed by atoms with Crippen molar-refractivity contribution >= 4 is 26.8 Å². The first kappa shape index (κ1) is 24.0. The summed E-state index contributed by atoms with van der Waals surface area (Å²) in [4.78, 5) is 30.5. The minimum absolute atomic E-state index is 0.0331. The van der Waals surface area contributed by atoms with Gasteiger partial charge < -0.3 is 14.6 Å². The molecule has 1 aromatic carbocycles. The second-order valence-electron chi connectivity index (χ2n) is 9.63. The molecule has 0 bridgehead atoms. The number of nitrogens with one attached hydrogen (secondary N) is 1. The standard InChI is InChI=1S/C26H26N4O5S/c1-16-11-22(35-15-26(9-10-26)36(33,34)19-7-8-19)23-21(29-16)12-20(25(32)30(23)2)24(31)28-14-18-5-3-17(13-27)4-6-18/h3-6,11-12,19H,7-10,14-15H2,1-2H3,(H,28,31). The number of hydrogen-bond donors (Lipinski definition) is 1. The number of ether oxygens (including phenoxy) is 1. The molecule has 0 radical (unpaired) electrons. The Morgan fingerprint density at radius 3 is 2.56 bits per heavy atom. The molecule has 0 atom stereocenters. The number of carbonyl (C=O) groups excluding carboxylic acids is 1. The van der Waals surface area contributed by atoms with E-state index in [1.165, 1.54) is 10.6 Å². The fraction of sp³-hybridized carbons (Fsp3) is 0.385. The van der Waals surface area contributed by atoms with Gasteiger partial charge in [0.1, 0.15) is 28.2 Å². The van der Waals surface area contributed by atoms with Gasteiger partial charge in [0, 0.05) is 25.4 Å². The first-order valence-electron chi connectivity index (χ1n) is 11.8. The molecule has 10 heteroatoms. The Balaban J connectivity index is 1.41. The van der Waals surface area contributed by atoms with Gasteiger partial charge in [-0.25, -0.2) is 8.42 Å². The average Bonchev–Trinajstić information content (AvgIpc) is 3.77. The lowest BCUT2D eigenvalue weighted by atomic mass is 10.1. The molecule has 0 unspecified atom stereocenters. The maximum absolute atomic E-state index is 13.1. The first-order valence-corrected chi connectivity index (χ1v) is 13.3. The Hall–Kier alpha value is -3.71. The molecule has 1 amide bonds. The zero-order chi connectivity index (χ0) is 25.7. The van der Waals surface area contributed by atoms with Gasteiger partial charge in [-0.2, -0.15) is 5.26 Å². The summed E-state index contributed by atoms with van der Waals surface area (Å²) in [6, 6.07) is 12.0. The number of rotatable bonds is 8. The highest BCUT2D eigenvalue weighted by Gasteiger charge is 2.60. The molecule has 5 rings (SSSR count). The number of nitrogens with zero attached hydrogens (tertiary/aromatic N) is 3. The van der Waals surface area contributed by atoms with Crippen LogP contribution in [-0.2, 0) is 23.4 Å². The van der Waals surface area contributed by atoms with E-state index in [1.807, 2.05) is 6.07 Å². The predicted octanol–water partition coefficient (Wildman–Crippen LogP) is 2.53. The minimum Gasteiger partial charge on any atom is -0.490 e. The number of carbonyl (C=O) groups is 1. The van der Waals surface area contributed by atoms with E-state index in [9.17, 15) is 18.0 Å². The summed E-state index contributed by atoms with van der Waals surface area (Å²) in [5, 5.41) is 11.4. The smallest absolute Gasteiger partial charge is 0.263 e. The molecule has 2 aliphatic rings. The van der Waals surface area contributed by atoms with Crippen molar-refractivity contribution in [1.29, 1.82) is 5.26 Å². The average molecular weight is 507 g/mol. The van der Waals surface area contributed by atoms with Crippen LogP contribution in [0.15, 0.2) is 41.2 Å². The SMILES string of the molecule is Cc1cc(OCC2(S(=O)(=O)C3CC3)CC2)c2c(cc(C(=O)NCc3ccc(C#N)cc3)c(=O)n2C)n1. The molecule has 186 valence electrons. The van der Waals surface area contributed by atoms with E-state index < -0.39 is 26.1 Å². The van der Waals surface area contributed by atoms with Crippen LogP contribution in [0, 0.1) is 18.3 Å². The summed E-state index contributed by atoms with van der Waals surface area (Å²) in [6.07, 6.45) is 2.59. The lowest BCUT2D eigenvalue weighted by Gasteiger charge is -2.19. The van der Waals surface area contributed by atoms with Crippen LogP contribution < -0.4 is 15.6 Å². The summed E-state index contributed by atoms with van der Waals surface area (Å²) >= 11 is 0. The molecule has 2 saturated carbocycles. The largest absolute Gasteiger partial charge is 0.490 e. The van der Waals surface area contributed by atoms with E-state index in [1.54, 1.807) is 44.3 Å². The van der Waals surface area contributed by atoms with Gasteiger partial charge in [-0.3, -0.25) is 14.6 Å². The van der Waals surface area contributed by atoms with Crippen LogP contribution in [0.25, 0.3) is 11.0 Å². The third kappa shape index (κ3) is 4.24. The number of hydrogen-bond acceptors (Lipinski definition) is 7. The summed E-state index contributed by atoms with van der Waals surface area (Å²) in [5.41, 5.74) is 2.18. The highest BCUT2D eigenvalue weighted by atomic mass is 32.2. The number of pyridine rings is 2. The van der Waals surface area contributed by atoms with Crippen molar-refractivity contribution in [3.8, 4) is 11.8 Å². The molecule has 36 heavy (non-hydrogen) atoms. The summed E-state index contributed by atoms with van der Waals surface area (Å²) in [5.74, 6) is -0.168. The van der Waals surface area contributed by atoms with Gasteiger partial charge >= 0.3 is 0 Å². The van der Waals surface area contributed by atoms with Crippen molar-refractivity contribution in [1.82, 2.24) is 14.9 Å². The molecule has 0 saturated heterocycles. The Morgan fingerprint density at radius 1 is 1.25 bits per heavy atom. The van der Waals surface area contributed by atoms with Crippen molar-refractivity contribution in [3.63, 3.8) is 0 Å². The number of benzene rings is 1. The lowest BCUT2D eigenvalue weighted by Crippen LogP contribution is -2.34. The van der Waals surface area contributed by atoms with Gasteiger partial charge in [0.2, 0.25) is 0 Å². The lowest BCUT2D eigenvalue weighted by molar-refractivity contribution is 0.0949. The second kappa shape index (κ2) is 8.75. The van der Waals surface area contributed by atoms with Gasteiger partial charge in [-0.1, -0.05) is 12.1 Å². The van der Waals surface area contributed by atoms with Gasteiger partial charge in [0.25, 0.3) is 11.5 Å². The summed E-state index contributed by atoms with van der Waals surface area (Å²) in [6.45, 7) is 2.00. The topological polar surface area (TPSA) is 131 Å². The van der Waals surface area contributed by atoms with E-state index >= 15 is 0 Å². The maximum Gasteiger partial charge on any atom is 0.263 e. The normalized spacial score (nSPS) is 16.4. The molecular formula is C26H26N4O5S. The third-order valence-electron chi connectivity index (χ3n) is 6.91. The van der Waals surface area contributed by atoms with E-state index in [2.05, 4.69) is 10.3 Å². The monoisotopic (exact) mass is 506 g/mol. The van der Waals surface area contributed by atoms with E-state index in [-0.39, 0.29) is 24.0 Å². The van der Waals surface area contributed by atoms with Gasteiger partial charge in [0.15, 0.2) is 9.84 Å². The summed E-state index contributed by atoms with van der Waals surface area (Å²) < 4.78 is 32.2. The first-order chi connectivity index (χ1) is 17.1. The Bertz CT molecular complexity index is 1580. The van der Waals surface area contributed by atoms with E-state index in [0.717, 1.165) is 5.56 Å². The fourth-order valence-electron chi connectivity index (χ4n) is 4.42. The second-order valence-corrected chi connectivity index (χ2v) is 12.2. The van der Waals surface area contributed by atoms with Crippen LogP contribution >= 0.6 is 0 Å². The molecular weight excluding hydrogens is 480 g/mol. The third-order valence-corrected chi connectivity index (χ3v) is 9.99. The molecule has 2 heterocycles. The highest BCUT2D eigenvalue weighted by molar-refractivity contribution is 7.94. The zero-order valence-electron chi connectivity index (χ0n) is 20.1. The van der Waals surface area contributed by atoms with Crippen LogP contribution in [0.3, 0.4) is 0 Å². The molecule has 0 spiro atoms. The predicted molar refractivity (Wildman–Crippen MR) is 133 cm³/mol. The maximum atomic E-state index is 13.1. The van der Waals surface area contributed by atoms with Gasteiger partial charge in [0.05, 0.1) is 22.4 Å². The number of nitriles is 1. The quantitative estimate of drug-likeness (QED) is 0.497. The van der Waals surface area contributed by atoms with Crippen LogP contribution in [0.5, 0.6) is 5.75 Å². The Kier molecular flexibility index (Phi) is 5.83. The van der Waals surface area contributed by atoms with Crippen molar-refractivity contribution in [2.45, 2.75) is 49.1 Å². The highest BCUT2D eigenvalue weighted by Crippen LogP contribution is 2.50. The van der Waals surface area contributed by atoms with Gasteiger partial charge in [-0.05, 0) is 56.4 Å².